The van der Waals surface area contributed by atoms with E-state index < -0.39 is 0 Å². The number of piperidine rings is 2. The summed E-state index contributed by atoms with van der Waals surface area (Å²) in [5.41, 5.74) is 4.35. The molecule has 7 rings (SSSR count). The fourth-order valence-corrected chi connectivity index (χ4v) is 7.51. The molecule has 1 aliphatic carbocycles. The van der Waals surface area contributed by atoms with E-state index in [4.69, 9.17) is 4.74 Å². The molecule has 4 nitrogen and oxygen atoms in total. The Morgan fingerprint density at radius 3 is 3.12 bits per heavy atom. The lowest BCUT2D eigenvalue weighted by Crippen LogP contribution is -2.69. The van der Waals surface area contributed by atoms with Crippen molar-refractivity contribution in [2.75, 3.05) is 24.6 Å². The maximum Gasteiger partial charge on any atom is 0.229 e. The van der Waals surface area contributed by atoms with Crippen LogP contribution in [0, 0.1) is 11.8 Å². The van der Waals surface area contributed by atoms with Crippen LogP contribution in [0.25, 0.3) is 0 Å². The summed E-state index contributed by atoms with van der Waals surface area (Å²) >= 11 is 0. The van der Waals surface area contributed by atoms with Gasteiger partial charge in [0.15, 0.2) is 0 Å². The van der Waals surface area contributed by atoms with E-state index in [1.165, 1.54) is 30.6 Å². The van der Waals surface area contributed by atoms with Gasteiger partial charge in [-0.25, -0.2) is 0 Å². The average molecular weight is 334 g/mol. The second-order valence-corrected chi connectivity index (χ2v) is 8.78. The van der Waals surface area contributed by atoms with Gasteiger partial charge in [-0.15, -0.1) is 0 Å². The monoisotopic (exact) mass is 334 g/mol. The summed E-state index contributed by atoms with van der Waals surface area (Å²) in [6.07, 6.45) is 5.43. The molecule has 128 valence electrons. The van der Waals surface area contributed by atoms with E-state index in [1.807, 2.05) is 0 Å². The van der Waals surface area contributed by atoms with E-state index in [9.17, 15) is 4.79 Å². The van der Waals surface area contributed by atoms with Crippen LogP contribution in [0.1, 0.15) is 24.8 Å². The van der Waals surface area contributed by atoms with Crippen LogP contribution in [-0.2, 0) is 14.9 Å². The smallest absolute Gasteiger partial charge is 0.229 e. The summed E-state index contributed by atoms with van der Waals surface area (Å²) in [5, 5.41) is 0. The number of rotatable bonds is 0. The molecule has 5 aliphatic heterocycles. The molecule has 2 bridgehead atoms. The molecular weight excluding hydrogens is 312 g/mol. The molecule has 1 aromatic rings. The number of anilines is 1. The van der Waals surface area contributed by atoms with Crippen molar-refractivity contribution in [3.8, 4) is 0 Å². The summed E-state index contributed by atoms with van der Waals surface area (Å²) in [6, 6.07) is 9.64. The first-order valence-electron chi connectivity index (χ1n) is 9.75. The lowest BCUT2D eigenvalue weighted by molar-refractivity contribution is -0.132. The number of ether oxygens (including phenoxy) is 1. The number of nitrogens with zero attached hydrogens (tertiary/aromatic N) is 2. The highest BCUT2D eigenvalue weighted by atomic mass is 16.5. The zero-order chi connectivity index (χ0) is 16.3. The van der Waals surface area contributed by atoms with Crippen LogP contribution in [0.2, 0.25) is 0 Å². The van der Waals surface area contributed by atoms with E-state index >= 15 is 0 Å². The van der Waals surface area contributed by atoms with Gasteiger partial charge in [0, 0.05) is 29.6 Å². The highest BCUT2D eigenvalue weighted by Crippen LogP contribution is 2.65. The highest BCUT2D eigenvalue weighted by molar-refractivity contribution is 5.99. The minimum Gasteiger partial charge on any atom is -0.373 e. The maximum atomic E-state index is 13.2. The summed E-state index contributed by atoms with van der Waals surface area (Å²) in [4.78, 5) is 18.1. The number of benzene rings is 1. The molecule has 1 saturated carbocycles. The summed E-state index contributed by atoms with van der Waals surface area (Å²) in [5.74, 6) is 1.35. The van der Waals surface area contributed by atoms with E-state index in [1.54, 1.807) is 5.57 Å². The number of amides is 1. The Kier molecular flexibility index (Phi) is 2.27. The Hall–Kier alpha value is -1.65. The van der Waals surface area contributed by atoms with Crippen molar-refractivity contribution in [3.05, 3.63) is 41.5 Å². The van der Waals surface area contributed by atoms with Crippen molar-refractivity contribution in [3.63, 3.8) is 0 Å². The van der Waals surface area contributed by atoms with Crippen molar-refractivity contribution >= 4 is 11.6 Å². The lowest BCUT2D eigenvalue weighted by atomic mass is 9.53. The van der Waals surface area contributed by atoms with E-state index in [2.05, 4.69) is 40.1 Å². The van der Waals surface area contributed by atoms with Crippen molar-refractivity contribution in [2.24, 2.45) is 11.8 Å². The molecule has 1 spiro atoms. The van der Waals surface area contributed by atoms with Crippen molar-refractivity contribution in [2.45, 2.75) is 42.9 Å². The average Bonchev–Trinajstić information content (AvgIpc) is 3.10. The molecule has 0 radical (unpaired) electrons. The highest BCUT2D eigenvalue weighted by Gasteiger charge is 2.70. The predicted molar refractivity (Wildman–Crippen MR) is 93.4 cm³/mol. The number of hydrogen-bond acceptors (Lipinski definition) is 3. The molecule has 0 aromatic heterocycles. The Morgan fingerprint density at radius 1 is 1.24 bits per heavy atom. The van der Waals surface area contributed by atoms with Gasteiger partial charge in [0.2, 0.25) is 5.91 Å². The molecule has 6 aliphatic rings. The maximum absolute atomic E-state index is 13.2. The van der Waals surface area contributed by atoms with E-state index in [0.29, 0.717) is 36.9 Å². The van der Waals surface area contributed by atoms with Crippen molar-refractivity contribution in [1.82, 2.24) is 4.90 Å². The summed E-state index contributed by atoms with van der Waals surface area (Å²) < 4.78 is 6.25. The number of fused-ring (bicyclic) bond motifs is 2. The largest absolute Gasteiger partial charge is 0.373 e. The zero-order valence-electron chi connectivity index (χ0n) is 14.2. The third kappa shape index (κ3) is 1.33. The Morgan fingerprint density at radius 2 is 2.16 bits per heavy atom. The topological polar surface area (TPSA) is 32.8 Å². The van der Waals surface area contributed by atoms with Crippen LogP contribution in [0.15, 0.2) is 35.9 Å². The first-order chi connectivity index (χ1) is 12.3. The molecular formula is C21H22N2O2. The lowest BCUT2D eigenvalue weighted by Gasteiger charge is -2.58. The fraction of sp³-hybridized carbons (Fsp3) is 0.571. The Bertz CT molecular complexity index is 848. The molecule has 25 heavy (non-hydrogen) atoms. The molecule has 4 heteroatoms. The Labute approximate surface area is 147 Å². The van der Waals surface area contributed by atoms with Crippen molar-refractivity contribution < 1.29 is 9.53 Å². The van der Waals surface area contributed by atoms with Gasteiger partial charge in [-0.1, -0.05) is 29.8 Å². The second-order valence-electron chi connectivity index (χ2n) is 8.78. The zero-order valence-corrected chi connectivity index (χ0v) is 14.2. The number of hydrogen-bond donors (Lipinski definition) is 0. The molecule has 3 saturated heterocycles. The molecule has 1 aromatic carbocycles. The minimum absolute atomic E-state index is 0.104. The summed E-state index contributed by atoms with van der Waals surface area (Å²) in [7, 11) is 0. The van der Waals surface area contributed by atoms with Crippen molar-refractivity contribution in [1.29, 1.82) is 0 Å². The van der Waals surface area contributed by atoms with E-state index in [-0.39, 0.29) is 17.4 Å². The fourth-order valence-electron chi connectivity index (χ4n) is 7.51. The number of para-hydroxylation sites is 1. The number of carbonyl (C=O) groups excluding carboxylic acids is 1. The number of carbonyl (C=O) groups is 1. The minimum atomic E-state index is 0.104. The first kappa shape index (κ1) is 13.5. The van der Waals surface area contributed by atoms with Crippen LogP contribution in [0.3, 0.4) is 0 Å². The quantitative estimate of drug-likeness (QED) is 0.681. The molecule has 4 fully saturated rings. The van der Waals surface area contributed by atoms with Gasteiger partial charge in [0.05, 0.1) is 25.2 Å². The van der Waals surface area contributed by atoms with Gasteiger partial charge in [-0.2, -0.15) is 0 Å². The van der Waals surface area contributed by atoms with Crippen LogP contribution in [0.5, 0.6) is 0 Å². The Balaban J connectivity index is 1.55. The molecule has 0 unspecified atom stereocenters. The summed E-state index contributed by atoms with van der Waals surface area (Å²) in [6.45, 7) is 2.97. The van der Waals surface area contributed by atoms with Crippen LogP contribution in [0.4, 0.5) is 5.69 Å². The van der Waals surface area contributed by atoms with Gasteiger partial charge >= 0.3 is 0 Å². The predicted octanol–water partition coefficient (Wildman–Crippen LogP) is 2.09. The van der Waals surface area contributed by atoms with E-state index in [0.717, 1.165) is 6.54 Å². The van der Waals surface area contributed by atoms with Gasteiger partial charge in [-0.05, 0) is 36.9 Å². The van der Waals surface area contributed by atoms with Crippen LogP contribution < -0.4 is 4.90 Å². The molecule has 0 N–H and O–H groups in total. The van der Waals surface area contributed by atoms with Gasteiger partial charge in [-0.3, -0.25) is 9.69 Å². The SMILES string of the molecule is O=C1C[C@@H]2OCC=C3CN4CC[C@@]56c7ccccc7N1[C@H]5[C@H]2[C@H]3C[C@H]46. The molecule has 5 heterocycles. The molecule has 1 amide bonds. The first-order valence-corrected chi connectivity index (χ1v) is 9.75. The van der Waals surface area contributed by atoms with Gasteiger partial charge in [0.25, 0.3) is 0 Å². The van der Waals surface area contributed by atoms with Gasteiger partial charge in [0.1, 0.15) is 0 Å². The standard InChI is InChI=1S/C21H22N2O2/c24-18-10-16-19-13-9-17-21(6-7-22(17)11-12(13)5-8-25-16)14-3-1-2-4-15(14)23(18)20(19)21/h1-5,13,16-17,19-20H,6-11H2/t13-,16-,17-,19-,20-,21-/m0/s1. The third-order valence-corrected chi connectivity index (χ3v) is 8.22. The third-order valence-electron chi connectivity index (χ3n) is 8.22. The van der Waals surface area contributed by atoms with Gasteiger partial charge < -0.3 is 9.64 Å². The van der Waals surface area contributed by atoms with Crippen LogP contribution in [-0.4, -0.2) is 48.7 Å². The molecule has 6 atom stereocenters. The van der Waals surface area contributed by atoms with Crippen LogP contribution >= 0.6 is 0 Å². The normalized spacial score (nSPS) is 45.9. The second kappa shape index (κ2) is 4.18.